The van der Waals surface area contributed by atoms with E-state index < -0.39 is 12.1 Å². The first kappa shape index (κ1) is 22.7. The SMILES string of the molecule is CCCCCCCCCCOC(=O)C(NC(=O)OCCC)C(C)C. The molecule has 142 valence electrons. The second kappa shape index (κ2) is 15.3. The molecule has 24 heavy (non-hydrogen) atoms. The average molecular weight is 344 g/mol. The number of esters is 1. The van der Waals surface area contributed by atoms with E-state index in [9.17, 15) is 9.59 Å². The molecule has 0 rings (SSSR count). The zero-order valence-electron chi connectivity index (χ0n) is 16.1. The number of alkyl carbamates (subject to hydrolysis) is 1. The quantitative estimate of drug-likeness (QED) is 0.362. The maximum absolute atomic E-state index is 12.1. The van der Waals surface area contributed by atoms with Crippen LogP contribution >= 0.6 is 0 Å². The standard InChI is InChI=1S/C19H37NO4/c1-5-7-8-9-10-11-12-13-15-23-18(21)17(16(3)4)20-19(22)24-14-6-2/h16-17H,5-15H2,1-4H3,(H,20,22). The molecule has 1 atom stereocenters. The molecular weight excluding hydrogens is 306 g/mol. The molecule has 1 amide bonds. The van der Waals surface area contributed by atoms with Gasteiger partial charge in [0.15, 0.2) is 0 Å². The summed E-state index contributed by atoms with van der Waals surface area (Å²) >= 11 is 0. The van der Waals surface area contributed by atoms with Gasteiger partial charge in [0.05, 0.1) is 13.2 Å². The van der Waals surface area contributed by atoms with Crippen molar-refractivity contribution in [3.63, 3.8) is 0 Å². The molecule has 0 aliphatic carbocycles. The average Bonchev–Trinajstić information content (AvgIpc) is 2.55. The molecule has 0 aromatic rings. The highest BCUT2D eigenvalue weighted by atomic mass is 16.6. The summed E-state index contributed by atoms with van der Waals surface area (Å²) < 4.78 is 10.3. The van der Waals surface area contributed by atoms with E-state index in [1.54, 1.807) is 0 Å². The van der Waals surface area contributed by atoms with Gasteiger partial charge in [-0.3, -0.25) is 0 Å². The molecule has 5 nitrogen and oxygen atoms in total. The van der Waals surface area contributed by atoms with Gasteiger partial charge >= 0.3 is 12.1 Å². The van der Waals surface area contributed by atoms with Crippen LogP contribution in [0.3, 0.4) is 0 Å². The fourth-order valence-corrected chi connectivity index (χ4v) is 2.36. The van der Waals surface area contributed by atoms with Gasteiger partial charge in [0, 0.05) is 0 Å². The van der Waals surface area contributed by atoms with Crippen molar-refractivity contribution in [2.45, 2.75) is 91.5 Å². The molecule has 5 heteroatoms. The molecule has 0 aliphatic heterocycles. The highest BCUT2D eigenvalue weighted by Gasteiger charge is 2.26. The molecule has 0 heterocycles. The van der Waals surface area contributed by atoms with Gasteiger partial charge in [-0.05, 0) is 18.8 Å². The fraction of sp³-hybridized carbons (Fsp3) is 0.895. The molecule has 0 aliphatic rings. The van der Waals surface area contributed by atoms with Crippen molar-refractivity contribution in [1.82, 2.24) is 5.32 Å². The monoisotopic (exact) mass is 343 g/mol. The van der Waals surface area contributed by atoms with E-state index in [0.29, 0.717) is 13.2 Å². The minimum Gasteiger partial charge on any atom is -0.464 e. The Balaban J connectivity index is 3.85. The second-order valence-electron chi connectivity index (χ2n) is 6.64. The lowest BCUT2D eigenvalue weighted by molar-refractivity contribution is -0.147. The van der Waals surface area contributed by atoms with E-state index in [-0.39, 0.29) is 11.9 Å². The summed E-state index contributed by atoms with van der Waals surface area (Å²) in [5.41, 5.74) is 0. The van der Waals surface area contributed by atoms with Crippen LogP contribution in [0, 0.1) is 5.92 Å². The smallest absolute Gasteiger partial charge is 0.407 e. The van der Waals surface area contributed by atoms with E-state index in [1.807, 2.05) is 20.8 Å². The summed E-state index contributed by atoms with van der Waals surface area (Å²) in [7, 11) is 0. The Morgan fingerprint density at radius 2 is 1.38 bits per heavy atom. The van der Waals surface area contributed by atoms with Crippen molar-refractivity contribution >= 4 is 12.1 Å². The minimum absolute atomic E-state index is 0.0368. The number of carbonyl (C=O) groups excluding carboxylic acids is 2. The Morgan fingerprint density at radius 3 is 1.92 bits per heavy atom. The molecule has 1 unspecified atom stereocenters. The Labute approximate surface area is 147 Å². The van der Waals surface area contributed by atoms with E-state index in [2.05, 4.69) is 12.2 Å². The van der Waals surface area contributed by atoms with Gasteiger partial charge in [0.2, 0.25) is 0 Å². The van der Waals surface area contributed by atoms with Crippen LogP contribution < -0.4 is 5.32 Å². The number of hydrogen-bond acceptors (Lipinski definition) is 4. The molecule has 0 aromatic carbocycles. The third-order valence-corrected chi connectivity index (χ3v) is 3.87. The molecule has 0 spiro atoms. The number of nitrogens with one attached hydrogen (secondary N) is 1. The first-order valence-corrected chi connectivity index (χ1v) is 9.62. The Kier molecular flexibility index (Phi) is 14.5. The van der Waals surface area contributed by atoms with Crippen LogP contribution in [-0.4, -0.2) is 31.3 Å². The van der Waals surface area contributed by atoms with E-state index in [4.69, 9.17) is 9.47 Å². The summed E-state index contributed by atoms with van der Waals surface area (Å²) in [5.74, 6) is -0.411. The lowest BCUT2D eigenvalue weighted by Crippen LogP contribution is -2.45. The summed E-state index contributed by atoms with van der Waals surface area (Å²) in [5, 5.41) is 2.60. The van der Waals surface area contributed by atoms with E-state index >= 15 is 0 Å². The topological polar surface area (TPSA) is 64.6 Å². The molecule has 0 bridgehead atoms. The highest BCUT2D eigenvalue weighted by Crippen LogP contribution is 2.09. The Morgan fingerprint density at radius 1 is 0.792 bits per heavy atom. The molecular formula is C19H37NO4. The normalized spacial score (nSPS) is 12.0. The molecule has 1 N–H and O–H groups in total. The molecule has 0 aromatic heterocycles. The van der Waals surface area contributed by atoms with Crippen molar-refractivity contribution in [3.05, 3.63) is 0 Å². The van der Waals surface area contributed by atoms with E-state index in [1.165, 1.54) is 38.5 Å². The summed E-state index contributed by atoms with van der Waals surface area (Å²) in [6.45, 7) is 8.67. The number of rotatable bonds is 14. The number of hydrogen-bond donors (Lipinski definition) is 1. The van der Waals surface area contributed by atoms with Crippen LogP contribution in [0.1, 0.15) is 85.5 Å². The second-order valence-corrected chi connectivity index (χ2v) is 6.64. The van der Waals surface area contributed by atoms with Crippen LogP contribution in [0.4, 0.5) is 4.79 Å². The lowest BCUT2D eigenvalue weighted by Gasteiger charge is -2.20. The zero-order valence-corrected chi connectivity index (χ0v) is 16.1. The van der Waals surface area contributed by atoms with Crippen molar-refractivity contribution in [2.24, 2.45) is 5.92 Å². The Bertz CT molecular complexity index is 331. The fourth-order valence-electron chi connectivity index (χ4n) is 2.36. The first-order valence-electron chi connectivity index (χ1n) is 9.62. The first-order chi connectivity index (χ1) is 11.5. The van der Waals surface area contributed by atoms with Gasteiger partial charge in [-0.2, -0.15) is 0 Å². The van der Waals surface area contributed by atoms with Gasteiger partial charge in [-0.15, -0.1) is 0 Å². The maximum atomic E-state index is 12.1. The highest BCUT2D eigenvalue weighted by molar-refractivity contribution is 5.81. The summed E-state index contributed by atoms with van der Waals surface area (Å²) in [6.07, 6.45) is 9.82. The van der Waals surface area contributed by atoms with Gasteiger partial charge in [0.1, 0.15) is 6.04 Å². The largest absolute Gasteiger partial charge is 0.464 e. The van der Waals surface area contributed by atoms with Crippen LogP contribution in [-0.2, 0) is 14.3 Å². The van der Waals surface area contributed by atoms with Crippen molar-refractivity contribution in [1.29, 1.82) is 0 Å². The van der Waals surface area contributed by atoms with Crippen molar-refractivity contribution < 1.29 is 19.1 Å². The lowest BCUT2D eigenvalue weighted by atomic mass is 10.1. The van der Waals surface area contributed by atoms with Crippen LogP contribution in [0.2, 0.25) is 0 Å². The van der Waals surface area contributed by atoms with Crippen molar-refractivity contribution in [3.8, 4) is 0 Å². The van der Waals surface area contributed by atoms with Crippen molar-refractivity contribution in [2.75, 3.05) is 13.2 Å². The third kappa shape index (κ3) is 12.2. The van der Waals surface area contributed by atoms with Gasteiger partial charge < -0.3 is 14.8 Å². The predicted octanol–water partition coefficient (Wildman–Crippen LogP) is 4.83. The molecule has 0 saturated heterocycles. The van der Waals surface area contributed by atoms with E-state index in [0.717, 1.165) is 19.3 Å². The van der Waals surface area contributed by atoms with Crippen LogP contribution in [0.15, 0.2) is 0 Å². The molecule has 0 saturated carbocycles. The number of unbranched alkanes of at least 4 members (excludes halogenated alkanes) is 7. The molecule has 0 radical (unpaired) electrons. The van der Waals surface area contributed by atoms with Crippen LogP contribution in [0.25, 0.3) is 0 Å². The predicted molar refractivity (Wildman–Crippen MR) is 97.0 cm³/mol. The van der Waals surface area contributed by atoms with Gasteiger partial charge in [-0.1, -0.05) is 72.6 Å². The van der Waals surface area contributed by atoms with Gasteiger partial charge in [-0.25, -0.2) is 9.59 Å². The molecule has 0 fully saturated rings. The maximum Gasteiger partial charge on any atom is 0.407 e. The summed E-state index contributed by atoms with van der Waals surface area (Å²) in [6, 6.07) is -0.650. The minimum atomic E-state index is -0.650. The Hall–Kier alpha value is -1.26. The summed E-state index contributed by atoms with van der Waals surface area (Å²) in [4.78, 5) is 23.7. The third-order valence-electron chi connectivity index (χ3n) is 3.87. The van der Waals surface area contributed by atoms with Crippen LogP contribution in [0.5, 0.6) is 0 Å². The number of amides is 1. The number of ether oxygens (including phenoxy) is 2. The zero-order chi connectivity index (χ0) is 18.2. The number of carbonyl (C=O) groups is 2. The van der Waals surface area contributed by atoms with Gasteiger partial charge in [0.25, 0.3) is 0 Å².